The Bertz CT molecular complexity index is 1330. The van der Waals surface area contributed by atoms with E-state index in [0.717, 1.165) is 35.3 Å². The maximum atomic E-state index is 13.5. The van der Waals surface area contributed by atoms with E-state index in [-0.39, 0.29) is 17.6 Å². The number of thioether (sulfide) groups is 1. The molecular weight excluding hydrogens is 478 g/mol. The molecule has 0 spiro atoms. The van der Waals surface area contributed by atoms with Crippen molar-refractivity contribution in [1.29, 1.82) is 0 Å². The molecule has 36 heavy (non-hydrogen) atoms. The molecule has 1 aromatic heterocycles. The molecule has 1 aliphatic rings. The predicted octanol–water partition coefficient (Wildman–Crippen LogP) is 5.32. The smallest absolute Gasteiger partial charge is 0.277 e. The molecule has 0 radical (unpaired) electrons. The summed E-state index contributed by atoms with van der Waals surface area (Å²) in [7, 11) is 4.63. The fourth-order valence-corrected chi connectivity index (χ4v) is 4.94. The number of para-hydroxylation sites is 2. The Morgan fingerprint density at radius 3 is 2.03 bits per heavy atom. The first-order valence-electron chi connectivity index (χ1n) is 11.4. The third-order valence-electron chi connectivity index (χ3n) is 6.02. The Balaban J connectivity index is 1.38. The third kappa shape index (κ3) is 4.49. The second-order valence-electron chi connectivity index (χ2n) is 8.06. The maximum absolute atomic E-state index is 13.5. The molecular formula is C27H25N3O5S. The van der Waals surface area contributed by atoms with Gasteiger partial charge in [0, 0.05) is 5.56 Å². The minimum absolute atomic E-state index is 0.0608. The molecule has 0 fully saturated rings. The van der Waals surface area contributed by atoms with E-state index in [2.05, 4.69) is 22.3 Å². The molecule has 1 aliphatic heterocycles. The van der Waals surface area contributed by atoms with Crippen molar-refractivity contribution in [1.82, 2.24) is 10.2 Å². The highest BCUT2D eigenvalue weighted by Gasteiger charge is 2.26. The third-order valence-corrected chi connectivity index (χ3v) is 6.82. The predicted molar refractivity (Wildman–Crippen MR) is 138 cm³/mol. The number of aryl methyl sites for hydroxylation is 2. The van der Waals surface area contributed by atoms with Crippen molar-refractivity contribution >= 4 is 29.0 Å². The first kappa shape index (κ1) is 23.7. The molecule has 184 valence electrons. The summed E-state index contributed by atoms with van der Waals surface area (Å²) < 4.78 is 22.1. The summed E-state index contributed by atoms with van der Waals surface area (Å²) in [6.07, 6.45) is 1.76. The topological polar surface area (TPSA) is 86.9 Å². The van der Waals surface area contributed by atoms with Gasteiger partial charge in [0.15, 0.2) is 11.5 Å². The van der Waals surface area contributed by atoms with Crippen LogP contribution in [0.5, 0.6) is 17.2 Å². The number of hydrogen-bond donors (Lipinski definition) is 0. The molecule has 1 amide bonds. The molecule has 5 rings (SSSR count). The molecule has 0 saturated heterocycles. The van der Waals surface area contributed by atoms with Gasteiger partial charge in [-0.2, -0.15) is 0 Å². The van der Waals surface area contributed by atoms with Crippen LogP contribution < -0.4 is 19.1 Å². The van der Waals surface area contributed by atoms with Gasteiger partial charge in [-0.05, 0) is 48.2 Å². The Labute approximate surface area is 213 Å². The molecule has 2 heterocycles. The number of ether oxygens (including phenoxy) is 3. The van der Waals surface area contributed by atoms with E-state index >= 15 is 0 Å². The van der Waals surface area contributed by atoms with E-state index in [9.17, 15) is 4.79 Å². The lowest BCUT2D eigenvalue weighted by atomic mass is 10.0. The number of hydrogen-bond acceptors (Lipinski definition) is 8. The largest absolute Gasteiger partial charge is 0.493 e. The zero-order valence-corrected chi connectivity index (χ0v) is 21.0. The Morgan fingerprint density at radius 1 is 0.889 bits per heavy atom. The highest BCUT2D eigenvalue weighted by Crippen LogP contribution is 2.41. The van der Waals surface area contributed by atoms with Gasteiger partial charge >= 0.3 is 0 Å². The second-order valence-corrected chi connectivity index (χ2v) is 8.99. The quantitative estimate of drug-likeness (QED) is 0.313. The van der Waals surface area contributed by atoms with Crippen LogP contribution in [0.25, 0.3) is 11.5 Å². The van der Waals surface area contributed by atoms with Gasteiger partial charge in [0.1, 0.15) is 0 Å². The number of nitrogens with zero attached hydrogens (tertiary/aromatic N) is 3. The van der Waals surface area contributed by atoms with Crippen LogP contribution in [0, 0.1) is 0 Å². The van der Waals surface area contributed by atoms with Gasteiger partial charge in [-0.1, -0.05) is 48.2 Å². The minimum Gasteiger partial charge on any atom is -0.493 e. The summed E-state index contributed by atoms with van der Waals surface area (Å²) in [6.45, 7) is 0. The lowest BCUT2D eigenvalue weighted by Crippen LogP contribution is -2.28. The molecule has 0 bridgehead atoms. The SMILES string of the molecule is COc1cc(-c2nnc(SCC(=O)N3c4ccccc4CCc4ccccc43)o2)cc(OC)c1OC. The van der Waals surface area contributed by atoms with Gasteiger partial charge in [-0.15, -0.1) is 10.2 Å². The zero-order chi connectivity index (χ0) is 25.1. The summed E-state index contributed by atoms with van der Waals surface area (Å²) in [5.41, 5.74) is 4.74. The van der Waals surface area contributed by atoms with Crippen molar-refractivity contribution in [3.63, 3.8) is 0 Å². The van der Waals surface area contributed by atoms with Crippen molar-refractivity contribution < 1.29 is 23.4 Å². The molecule has 9 heteroatoms. The van der Waals surface area contributed by atoms with Crippen LogP contribution >= 0.6 is 11.8 Å². The summed E-state index contributed by atoms with van der Waals surface area (Å²) in [5, 5.41) is 8.58. The fourth-order valence-electron chi connectivity index (χ4n) is 4.33. The zero-order valence-electron chi connectivity index (χ0n) is 20.2. The van der Waals surface area contributed by atoms with E-state index in [1.165, 1.54) is 11.8 Å². The van der Waals surface area contributed by atoms with Gasteiger partial charge in [-0.25, -0.2) is 0 Å². The lowest BCUT2D eigenvalue weighted by molar-refractivity contribution is -0.115. The van der Waals surface area contributed by atoms with Crippen LogP contribution in [0.15, 0.2) is 70.3 Å². The number of methoxy groups -OCH3 is 3. The molecule has 0 saturated carbocycles. The standard InChI is InChI=1S/C27H25N3O5S/c1-32-22-14-19(15-23(33-2)25(22)34-3)26-28-29-27(35-26)36-16-24(31)30-20-10-6-4-8-17(20)12-13-18-9-5-7-11-21(18)30/h4-11,14-15H,12-13,16H2,1-3H3. The average Bonchev–Trinajstić information content (AvgIpc) is 3.33. The van der Waals surface area contributed by atoms with Crippen LogP contribution in [0.1, 0.15) is 11.1 Å². The van der Waals surface area contributed by atoms with E-state index in [0.29, 0.717) is 28.0 Å². The first-order chi connectivity index (χ1) is 17.6. The van der Waals surface area contributed by atoms with Crippen LogP contribution in [-0.4, -0.2) is 43.2 Å². The van der Waals surface area contributed by atoms with E-state index in [1.54, 1.807) is 38.4 Å². The molecule has 8 nitrogen and oxygen atoms in total. The van der Waals surface area contributed by atoms with Crippen molar-refractivity contribution in [2.45, 2.75) is 18.1 Å². The summed E-state index contributed by atoms with van der Waals surface area (Å²) in [6, 6.07) is 19.6. The molecule has 0 N–H and O–H groups in total. The number of rotatable bonds is 7. The fraction of sp³-hybridized carbons (Fsp3) is 0.222. The van der Waals surface area contributed by atoms with E-state index in [4.69, 9.17) is 18.6 Å². The van der Waals surface area contributed by atoms with Crippen molar-refractivity contribution in [3.8, 4) is 28.7 Å². The van der Waals surface area contributed by atoms with Crippen molar-refractivity contribution in [3.05, 3.63) is 71.8 Å². The number of carbonyl (C=O) groups is 1. The molecule has 0 aliphatic carbocycles. The molecule has 4 aromatic rings. The van der Waals surface area contributed by atoms with Gasteiger partial charge in [-0.3, -0.25) is 9.69 Å². The van der Waals surface area contributed by atoms with Crippen LogP contribution in [-0.2, 0) is 17.6 Å². The van der Waals surface area contributed by atoms with Gasteiger partial charge in [0.05, 0.1) is 38.5 Å². The minimum atomic E-state index is -0.0608. The summed E-state index contributed by atoms with van der Waals surface area (Å²) in [5.74, 6) is 1.80. The summed E-state index contributed by atoms with van der Waals surface area (Å²) in [4.78, 5) is 15.3. The van der Waals surface area contributed by atoms with Crippen LogP contribution in [0.3, 0.4) is 0 Å². The Morgan fingerprint density at radius 2 is 1.47 bits per heavy atom. The highest BCUT2D eigenvalue weighted by molar-refractivity contribution is 7.99. The number of fused-ring (bicyclic) bond motifs is 2. The van der Waals surface area contributed by atoms with Gasteiger partial charge in [0.25, 0.3) is 5.22 Å². The number of anilines is 2. The number of benzene rings is 3. The molecule has 0 atom stereocenters. The maximum Gasteiger partial charge on any atom is 0.277 e. The van der Waals surface area contributed by atoms with E-state index < -0.39 is 0 Å². The Hall–Kier alpha value is -3.98. The Kier molecular flexibility index (Phi) is 6.81. The monoisotopic (exact) mass is 503 g/mol. The lowest BCUT2D eigenvalue weighted by Gasteiger charge is -2.24. The average molecular weight is 504 g/mol. The molecule has 3 aromatic carbocycles. The first-order valence-corrected chi connectivity index (χ1v) is 12.4. The van der Waals surface area contributed by atoms with Gasteiger partial charge in [0.2, 0.25) is 17.5 Å². The normalized spacial score (nSPS) is 12.4. The van der Waals surface area contributed by atoms with Crippen molar-refractivity contribution in [2.24, 2.45) is 0 Å². The summed E-state index contributed by atoms with van der Waals surface area (Å²) >= 11 is 1.20. The van der Waals surface area contributed by atoms with Crippen LogP contribution in [0.4, 0.5) is 11.4 Å². The highest BCUT2D eigenvalue weighted by atomic mass is 32.2. The molecule has 0 unspecified atom stereocenters. The number of aromatic nitrogens is 2. The van der Waals surface area contributed by atoms with Crippen molar-refractivity contribution in [2.75, 3.05) is 32.0 Å². The van der Waals surface area contributed by atoms with E-state index in [1.807, 2.05) is 36.4 Å². The van der Waals surface area contributed by atoms with Gasteiger partial charge < -0.3 is 18.6 Å². The number of carbonyl (C=O) groups excluding carboxylic acids is 1. The number of amides is 1. The van der Waals surface area contributed by atoms with Crippen LogP contribution in [0.2, 0.25) is 0 Å². The second kappa shape index (κ2) is 10.3.